The number of alkyl halides is 2. The highest BCUT2D eigenvalue weighted by Crippen LogP contribution is 2.24. The summed E-state index contributed by atoms with van der Waals surface area (Å²) in [5.74, 6) is -0.291. The largest absolute Gasteiger partial charge is 0.434 e. The van der Waals surface area contributed by atoms with Gasteiger partial charge in [-0.25, -0.2) is 9.67 Å². The molecule has 1 N–H and O–H groups in total. The Kier molecular flexibility index (Phi) is 5.42. The summed E-state index contributed by atoms with van der Waals surface area (Å²) in [7, 11) is 0. The molecule has 1 heterocycles. The Balaban J connectivity index is 2.04. The lowest BCUT2D eigenvalue weighted by atomic mass is 10.2. The summed E-state index contributed by atoms with van der Waals surface area (Å²) in [6, 6.07) is 4.05. The molecule has 0 saturated heterocycles. The second-order valence-corrected chi connectivity index (χ2v) is 5.32. The minimum Gasteiger partial charge on any atom is -0.434 e. The monoisotopic (exact) mass is 374 g/mol. The van der Waals surface area contributed by atoms with Crippen molar-refractivity contribution in [2.24, 2.45) is 0 Å². The number of rotatable bonds is 6. The van der Waals surface area contributed by atoms with Crippen LogP contribution in [0.4, 0.5) is 8.78 Å². The lowest BCUT2D eigenvalue weighted by Crippen LogP contribution is -2.31. The highest BCUT2D eigenvalue weighted by Gasteiger charge is 2.16. The zero-order valence-electron chi connectivity index (χ0n) is 11.5. The Hall–Kier alpha value is -2.03. The standard InChI is InChI=1S/C13H13BrF2N4O2/c1-8(20-7-17-6-19-20)12(21)18-5-9-4-10(14)2-3-11(9)22-13(15)16/h2-4,6-8,13H,5H2,1H3,(H,18,21)/t8-/m0/s1. The Labute approximate surface area is 133 Å². The van der Waals surface area contributed by atoms with Gasteiger partial charge in [-0.15, -0.1) is 0 Å². The molecular weight excluding hydrogens is 362 g/mol. The smallest absolute Gasteiger partial charge is 0.387 e. The minimum atomic E-state index is -2.93. The average molecular weight is 375 g/mol. The molecule has 0 spiro atoms. The van der Waals surface area contributed by atoms with Gasteiger partial charge < -0.3 is 10.1 Å². The number of ether oxygens (including phenoxy) is 1. The van der Waals surface area contributed by atoms with E-state index >= 15 is 0 Å². The molecule has 0 fully saturated rings. The third-order valence-electron chi connectivity index (χ3n) is 2.90. The molecule has 1 amide bonds. The molecular formula is C13H13BrF2N4O2. The van der Waals surface area contributed by atoms with Crippen molar-refractivity contribution < 1.29 is 18.3 Å². The van der Waals surface area contributed by atoms with Gasteiger partial charge in [-0.1, -0.05) is 15.9 Å². The SMILES string of the molecule is C[C@@H](C(=O)NCc1cc(Br)ccc1OC(F)F)n1cncn1. The van der Waals surface area contributed by atoms with E-state index in [9.17, 15) is 13.6 Å². The number of nitrogens with one attached hydrogen (secondary N) is 1. The first kappa shape index (κ1) is 16.3. The van der Waals surface area contributed by atoms with Gasteiger partial charge in [-0.2, -0.15) is 13.9 Å². The first-order chi connectivity index (χ1) is 10.5. The zero-order valence-corrected chi connectivity index (χ0v) is 13.1. The summed E-state index contributed by atoms with van der Waals surface area (Å²) < 4.78 is 31.3. The fourth-order valence-corrected chi connectivity index (χ4v) is 2.17. The molecule has 1 aromatic heterocycles. The lowest BCUT2D eigenvalue weighted by molar-refractivity contribution is -0.124. The van der Waals surface area contributed by atoms with Crippen molar-refractivity contribution in [3.8, 4) is 5.75 Å². The van der Waals surface area contributed by atoms with Gasteiger partial charge in [0.15, 0.2) is 0 Å². The molecule has 118 valence electrons. The van der Waals surface area contributed by atoms with Gasteiger partial charge in [0.05, 0.1) is 0 Å². The fourth-order valence-electron chi connectivity index (χ4n) is 1.76. The second-order valence-electron chi connectivity index (χ2n) is 4.40. The van der Waals surface area contributed by atoms with Crippen molar-refractivity contribution in [1.29, 1.82) is 0 Å². The van der Waals surface area contributed by atoms with E-state index in [1.165, 1.54) is 23.4 Å². The summed E-state index contributed by atoms with van der Waals surface area (Å²) in [5.41, 5.74) is 0.439. The van der Waals surface area contributed by atoms with Crippen LogP contribution in [0.5, 0.6) is 5.75 Å². The Morgan fingerprint density at radius 1 is 1.50 bits per heavy atom. The van der Waals surface area contributed by atoms with Crippen molar-refractivity contribution in [2.75, 3.05) is 0 Å². The molecule has 6 nitrogen and oxygen atoms in total. The molecule has 0 aliphatic rings. The third kappa shape index (κ3) is 4.23. The van der Waals surface area contributed by atoms with Crippen LogP contribution in [0.15, 0.2) is 35.3 Å². The van der Waals surface area contributed by atoms with Crippen LogP contribution in [-0.2, 0) is 11.3 Å². The molecule has 1 aromatic carbocycles. The van der Waals surface area contributed by atoms with Crippen LogP contribution in [0, 0.1) is 0 Å². The lowest BCUT2D eigenvalue weighted by Gasteiger charge is -2.14. The summed E-state index contributed by atoms with van der Waals surface area (Å²) >= 11 is 3.25. The van der Waals surface area contributed by atoms with Crippen LogP contribution in [0.1, 0.15) is 18.5 Å². The van der Waals surface area contributed by atoms with Gasteiger partial charge in [-0.3, -0.25) is 4.79 Å². The number of carbonyl (C=O) groups is 1. The van der Waals surface area contributed by atoms with E-state index in [0.717, 1.165) is 0 Å². The molecule has 0 bridgehead atoms. The topological polar surface area (TPSA) is 69.0 Å². The highest BCUT2D eigenvalue weighted by atomic mass is 79.9. The first-order valence-corrected chi connectivity index (χ1v) is 7.11. The van der Waals surface area contributed by atoms with E-state index in [2.05, 4.69) is 36.1 Å². The Morgan fingerprint density at radius 2 is 2.27 bits per heavy atom. The van der Waals surface area contributed by atoms with Crippen molar-refractivity contribution in [1.82, 2.24) is 20.1 Å². The number of benzene rings is 1. The summed E-state index contributed by atoms with van der Waals surface area (Å²) in [6.07, 6.45) is 2.75. The van der Waals surface area contributed by atoms with Gasteiger partial charge in [0.25, 0.3) is 0 Å². The van der Waals surface area contributed by atoms with Gasteiger partial charge in [-0.05, 0) is 25.1 Å². The van der Waals surface area contributed by atoms with Crippen molar-refractivity contribution in [2.45, 2.75) is 26.1 Å². The third-order valence-corrected chi connectivity index (χ3v) is 3.40. The predicted molar refractivity (Wildman–Crippen MR) is 77.4 cm³/mol. The van der Waals surface area contributed by atoms with Gasteiger partial charge in [0.1, 0.15) is 24.4 Å². The molecule has 0 unspecified atom stereocenters. The van der Waals surface area contributed by atoms with E-state index in [1.54, 1.807) is 19.1 Å². The maximum absolute atomic E-state index is 12.4. The number of hydrogen-bond donors (Lipinski definition) is 1. The van der Waals surface area contributed by atoms with Gasteiger partial charge in [0.2, 0.25) is 5.91 Å². The van der Waals surface area contributed by atoms with Crippen LogP contribution < -0.4 is 10.1 Å². The normalized spacial score (nSPS) is 12.2. The van der Waals surface area contributed by atoms with Gasteiger partial charge in [0, 0.05) is 16.6 Å². The van der Waals surface area contributed by atoms with Crippen LogP contribution in [-0.4, -0.2) is 27.3 Å². The van der Waals surface area contributed by atoms with Gasteiger partial charge >= 0.3 is 6.61 Å². The second kappa shape index (κ2) is 7.30. The van der Waals surface area contributed by atoms with Crippen molar-refractivity contribution >= 4 is 21.8 Å². The molecule has 0 aliphatic carbocycles. The molecule has 1 atom stereocenters. The number of carbonyl (C=O) groups excluding carboxylic acids is 1. The average Bonchev–Trinajstić information content (AvgIpc) is 3.00. The van der Waals surface area contributed by atoms with E-state index in [-0.39, 0.29) is 18.2 Å². The number of nitrogens with zero attached hydrogens (tertiary/aromatic N) is 3. The van der Waals surface area contributed by atoms with E-state index in [4.69, 9.17) is 0 Å². The van der Waals surface area contributed by atoms with E-state index in [0.29, 0.717) is 10.0 Å². The molecule has 2 rings (SSSR count). The Morgan fingerprint density at radius 3 is 2.91 bits per heavy atom. The fraction of sp³-hybridized carbons (Fsp3) is 0.308. The Bertz CT molecular complexity index is 637. The van der Waals surface area contributed by atoms with Crippen LogP contribution in [0.3, 0.4) is 0 Å². The number of aromatic nitrogens is 3. The molecule has 0 radical (unpaired) electrons. The van der Waals surface area contributed by atoms with Crippen LogP contribution >= 0.6 is 15.9 Å². The molecule has 0 saturated carbocycles. The number of amides is 1. The quantitative estimate of drug-likeness (QED) is 0.843. The highest BCUT2D eigenvalue weighted by molar-refractivity contribution is 9.10. The summed E-state index contributed by atoms with van der Waals surface area (Å²) in [5, 5.41) is 6.53. The minimum absolute atomic E-state index is 0.0203. The predicted octanol–water partition coefficient (Wildman–Crippen LogP) is 2.52. The maximum Gasteiger partial charge on any atom is 0.387 e. The van der Waals surface area contributed by atoms with E-state index in [1.807, 2.05) is 0 Å². The van der Waals surface area contributed by atoms with Crippen LogP contribution in [0.25, 0.3) is 0 Å². The molecule has 22 heavy (non-hydrogen) atoms. The molecule has 9 heteroatoms. The zero-order chi connectivity index (χ0) is 16.1. The maximum atomic E-state index is 12.4. The summed E-state index contributed by atoms with van der Waals surface area (Å²) in [4.78, 5) is 15.8. The van der Waals surface area contributed by atoms with Crippen LogP contribution in [0.2, 0.25) is 0 Å². The molecule has 0 aliphatic heterocycles. The molecule has 2 aromatic rings. The van der Waals surface area contributed by atoms with Crippen molar-refractivity contribution in [3.05, 3.63) is 40.9 Å². The van der Waals surface area contributed by atoms with Crippen molar-refractivity contribution in [3.63, 3.8) is 0 Å². The summed E-state index contributed by atoms with van der Waals surface area (Å²) in [6.45, 7) is -1.22. The number of hydrogen-bond acceptors (Lipinski definition) is 4. The first-order valence-electron chi connectivity index (χ1n) is 6.32. The van der Waals surface area contributed by atoms with E-state index < -0.39 is 12.7 Å². The number of halogens is 3.